The number of ether oxygens (including phenoxy) is 1. The third-order valence-electron chi connectivity index (χ3n) is 3.35. The minimum Gasteiger partial charge on any atom is -0.381 e. The first kappa shape index (κ1) is 12.3. The minimum absolute atomic E-state index is 0.163. The summed E-state index contributed by atoms with van der Waals surface area (Å²) in [5.41, 5.74) is 9.00. The average molecular weight is 331 g/mol. The van der Waals surface area contributed by atoms with E-state index in [2.05, 4.69) is 47.7 Å². The summed E-state index contributed by atoms with van der Waals surface area (Å²) in [4.78, 5) is 0. The van der Waals surface area contributed by atoms with Gasteiger partial charge in [-0.15, -0.1) is 0 Å². The molecule has 1 aliphatic heterocycles. The van der Waals surface area contributed by atoms with Gasteiger partial charge in [-0.3, -0.25) is 0 Å². The van der Waals surface area contributed by atoms with Crippen LogP contribution in [0.2, 0.25) is 0 Å². The molecule has 0 saturated carbocycles. The van der Waals surface area contributed by atoms with Crippen molar-refractivity contribution < 1.29 is 4.74 Å². The lowest BCUT2D eigenvalue weighted by molar-refractivity contribution is 0.0583. The van der Waals surface area contributed by atoms with Crippen LogP contribution in [0, 0.1) is 16.4 Å². The Balaban J connectivity index is 2.19. The smallest absolute Gasteiger partial charge is 0.0469 e. The Bertz CT molecular complexity index is 361. The van der Waals surface area contributed by atoms with E-state index in [1.165, 1.54) is 14.7 Å². The lowest BCUT2D eigenvalue weighted by Gasteiger charge is -2.28. The molecule has 2 N–H and O–H groups in total. The molecule has 0 radical (unpaired) electrons. The van der Waals surface area contributed by atoms with Gasteiger partial charge in [-0.2, -0.15) is 0 Å². The summed E-state index contributed by atoms with van der Waals surface area (Å²) in [6.45, 7) is 3.86. The molecule has 2 nitrogen and oxygen atoms in total. The van der Waals surface area contributed by atoms with Crippen molar-refractivity contribution in [2.45, 2.75) is 25.8 Å². The summed E-state index contributed by atoms with van der Waals surface area (Å²) in [5.74, 6) is 0.573. The van der Waals surface area contributed by atoms with Crippen LogP contribution in [0.5, 0.6) is 0 Å². The first-order chi connectivity index (χ1) is 7.70. The van der Waals surface area contributed by atoms with E-state index in [-0.39, 0.29) is 6.04 Å². The second-order valence-corrected chi connectivity index (χ2v) is 5.53. The lowest BCUT2D eigenvalue weighted by Crippen LogP contribution is -2.28. The maximum Gasteiger partial charge on any atom is 0.0469 e. The fourth-order valence-electron chi connectivity index (χ4n) is 2.26. The number of hydrogen-bond donors (Lipinski definition) is 1. The molecule has 1 atom stereocenters. The van der Waals surface area contributed by atoms with Crippen LogP contribution < -0.4 is 5.73 Å². The molecule has 0 bridgehead atoms. The van der Waals surface area contributed by atoms with Gasteiger partial charge in [0.25, 0.3) is 0 Å². The fraction of sp³-hybridized carbons (Fsp3) is 0.538. The number of rotatable bonds is 2. The van der Waals surface area contributed by atoms with E-state index in [1.807, 2.05) is 0 Å². The maximum atomic E-state index is 6.38. The summed E-state index contributed by atoms with van der Waals surface area (Å²) < 4.78 is 6.70. The molecule has 0 aromatic heterocycles. The molecule has 3 heteroatoms. The molecular formula is C13H18INO. The molecule has 1 saturated heterocycles. The minimum atomic E-state index is 0.163. The van der Waals surface area contributed by atoms with Crippen molar-refractivity contribution in [3.63, 3.8) is 0 Å². The van der Waals surface area contributed by atoms with E-state index >= 15 is 0 Å². The normalized spacial score (nSPS) is 19.7. The second-order valence-electron chi connectivity index (χ2n) is 4.45. The monoisotopic (exact) mass is 331 g/mol. The zero-order valence-corrected chi connectivity index (χ0v) is 11.7. The van der Waals surface area contributed by atoms with Crippen molar-refractivity contribution in [3.05, 3.63) is 32.9 Å². The SMILES string of the molecule is Cc1cccc(C(N)C2CCOCC2)c1I. The Labute approximate surface area is 111 Å². The van der Waals surface area contributed by atoms with Gasteiger partial charge in [-0.25, -0.2) is 0 Å². The molecule has 1 aliphatic rings. The number of aryl methyl sites for hydroxylation is 1. The Hall–Kier alpha value is -0.130. The van der Waals surface area contributed by atoms with Crippen LogP contribution >= 0.6 is 22.6 Å². The number of halogens is 1. The molecule has 2 rings (SSSR count). The zero-order valence-electron chi connectivity index (χ0n) is 9.58. The van der Waals surface area contributed by atoms with E-state index in [9.17, 15) is 0 Å². The van der Waals surface area contributed by atoms with Crippen LogP contribution in [0.4, 0.5) is 0 Å². The largest absolute Gasteiger partial charge is 0.381 e. The van der Waals surface area contributed by atoms with Gasteiger partial charge in [0.05, 0.1) is 0 Å². The molecule has 0 amide bonds. The van der Waals surface area contributed by atoms with Crippen molar-refractivity contribution in [2.75, 3.05) is 13.2 Å². The number of benzene rings is 1. The molecule has 1 unspecified atom stereocenters. The van der Waals surface area contributed by atoms with Crippen LogP contribution in [-0.4, -0.2) is 13.2 Å². The number of hydrogen-bond acceptors (Lipinski definition) is 2. The third kappa shape index (κ3) is 2.57. The van der Waals surface area contributed by atoms with E-state index in [4.69, 9.17) is 10.5 Å². The van der Waals surface area contributed by atoms with Crippen LogP contribution in [0.1, 0.15) is 30.0 Å². The summed E-state index contributed by atoms with van der Waals surface area (Å²) in [6, 6.07) is 6.57. The molecule has 0 spiro atoms. The van der Waals surface area contributed by atoms with E-state index in [0.29, 0.717) is 5.92 Å². The van der Waals surface area contributed by atoms with Gasteiger partial charge in [0.2, 0.25) is 0 Å². The Kier molecular flexibility index (Phi) is 4.21. The summed E-state index contributed by atoms with van der Waals surface area (Å²) in [5, 5.41) is 0. The first-order valence-electron chi connectivity index (χ1n) is 5.78. The van der Waals surface area contributed by atoms with Gasteiger partial charge in [-0.1, -0.05) is 18.2 Å². The number of nitrogens with two attached hydrogens (primary N) is 1. The molecule has 1 aromatic carbocycles. The van der Waals surface area contributed by atoms with Crippen molar-refractivity contribution in [2.24, 2.45) is 11.7 Å². The van der Waals surface area contributed by atoms with E-state index in [0.717, 1.165) is 26.1 Å². The molecule has 1 aromatic rings. The lowest BCUT2D eigenvalue weighted by atomic mass is 9.87. The van der Waals surface area contributed by atoms with Gasteiger partial charge in [0, 0.05) is 22.8 Å². The van der Waals surface area contributed by atoms with E-state index < -0.39 is 0 Å². The van der Waals surface area contributed by atoms with Crippen LogP contribution in [0.25, 0.3) is 0 Å². The predicted molar refractivity (Wildman–Crippen MR) is 74.4 cm³/mol. The van der Waals surface area contributed by atoms with Crippen molar-refractivity contribution in [3.8, 4) is 0 Å². The molecule has 88 valence electrons. The van der Waals surface area contributed by atoms with Crippen LogP contribution in [0.15, 0.2) is 18.2 Å². The van der Waals surface area contributed by atoms with Gasteiger partial charge in [0.1, 0.15) is 0 Å². The van der Waals surface area contributed by atoms with Gasteiger partial charge >= 0.3 is 0 Å². The molecule has 1 heterocycles. The third-order valence-corrected chi connectivity index (χ3v) is 4.83. The van der Waals surface area contributed by atoms with Crippen LogP contribution in [0.3, 0.4) is 0 Å². The van der Waals surface area contributed by atoms with Crippen molar-refractivity contribution in [1.82, 2.24) is 0 Å². The molecule has 16 heavy (non-hydrogen) atoms. The summed E-state index contributed by atoms with van der Waals surface area (Å²) in [6.07, 6.45) is 2.18. The summed E-state index contributed by atoms with van der Waals surface area (Å²) >= 11 is 2.40. The zero-order chi connectivity index (χ0) is 11.5. The average Bonchev–Trinajstić information content (AvgIpc) is 2.33. The van der Waals surface area contributed by atoms with E-state index in [1.54, 1.807) is 0 Å². The molecule has 1 fully saturated rings. The summed E-state index contributed by atoms with van der Waals surface area (Å²) in [7, 11) is 0. The predicted octanol–water partition coefficient (Wildman–Crippen LogP) is 3.03. The highest BCUT2D eigenvalue weighted by atomic mass is 127. The van der Waals surface area contributed by atoms with Crippen molar-refractivity contribution in [1.29, 1.82) is 0 Å². The molecular weight excluding hydrogens is 313 g/mol. The molecule has 0 aliphatic carbocycles. The quantitative estimate of drug-likeness (QED) is 0.846. The van der Waals surface area contributed by atoms with Gasteiger partial charge in [0.15, 0.2) is 0 Å². The highest BCUT2D eigenvalue weighted by Crippen LogP contribution is 2.31. The maximum absolute atomic E-state index is 6.38. The van der Waals surface area contributed by atoms with Crippen molar-refractivity contribution >= 4 is 22.6 Å². The topological polar surface area (TPSA) is 35.2 Å². The van der Waals surface area contributed by atoms with Crippen LogP contribution in [-0.2, 0) is 4.74 Å². The highest BCUT2D eigenvalue weighted by Gasteiger charge is 2.23. The fourth-order valence-corrected chi connectivity index (χ4v) is 2.98. The van der Waals surface area contributed by atoms with Gasteiger partial charge < -0.3 is 10.5 Å². The standard InChI is InChI=1S/C13H18INO/c1-9-3-2-4-11(12(9)14)13(15)10-5-7-16-8-6-10/h2-4,10,13H,5-8,15H2,1H3. The van der Waals surface area contributed by atoms with Gasteiger partial charge in [-0.05, 0) is 59.4 Å². The highest BCUT2D eigenvalue weighted by molar-refractivity contribution is 14.1. The second kappa shape index (κ2) is 5.47. The first-order valence-corrected chi connectivity index (χ1v) is 6.86. The Morgan fingerprint density at radius 2 is 2.06 bits per heavy atom. The Morgan fingerprint density at radius 1 is 1.38 bits per heavy atom. The Morgan fingerprint density at radius 3 is 2.75 bits per heavy atom.